The molecule has 2 N–H and O–H groups in total. The molecule has 0 aromatic heterocycles. The van der Waals surface area contributed by atoms with Crippen LogP contribution < -0.4 is 24.7 Å². The fourth-order valence-electron chi connectivity index (χ4n) is 3.35. The topological polar surface area (TPSA) is 83.3 Å². The van der Waals surface area contributed by atoms with E-state index >= 15 is 0 Å². The van der Waals surface area contributed by atoms with Gasteiger partial charge in [0.2, 0.25) is 5.91 Å². The van der Waals surface area contributed by atoms with Crippen LogP contribution in [0.2, 0.25) is 0 Å². The monoisotopic (exact) mass is 372 g/mol. The number of rotatable bonds is 7. The van der Waals surface area contributed by atoms with Crippen LogP contribution in [0.25, 0.3) is 0 Å². The summed E-state index contributed by atoms with van der Waals surface area (Å²) in [5, 5.41) is 0. The highest BCUT2D eigenvalue weighted by molar-refractivity contribution is 5.89. The molecule has 1 fully saturated rings. The lowest BCUT2D eigenvalue weighted by Crippen LogP contribution is -2.62. The molecule has 1 heterocycles. The van der Waals surface area contributed by atoms with Gasteiger partial charge in [0.25, 0.3) is 0 Å². The van der Waals surface area contributed by atoms with E-state index in [-0.39, 0.29) is 11.9 Å². The molecule has 1 aliphatic rings. The summed E-state index contributed by atoms with van der Waals surface area (Å²) in [4.78, 5) is 14.1. The van der Waals surface area contributed by atoms with Crippen LogP contribution in [-0.2, 0) is 11.3 Å². The van der Waals surface area contributed by atoms with Crippen LogP contribution in [0.1, 0.15) is 17.2 Å². The Morgan fingerprint density at radius 2 is 1.41 bits per heavy atom. The molecule has 144 valence electrons. The van der Waals surface area contributed by atoms with Gasteiger partial charge in [-0.25, -0.2) is 0 Å². The number of nitrogens with two attached hydrogens (primary N) is 1. The molecule has 2 unspecified atom stereocenters. The molecular weight excluding hydrogens is 348 g/mol. The minimum Gasteiger partial charge on any atom is -0.493 e. The summed E-state index contributed by atoms with van der Waals surface area (Å²) in [6, 6.07) is 10.4. The molecule has 0 bridgehead atoms. The van der Waals surface area contributed by atoms with E-state index in [0.717, 1.165) is 11.1 Å². The standard InChI is InChI=1S/C20H24N2O5/c1-24-14-7-5-12(9-16(14)26-3)11-22-19(18(21)20(22)23)13-6-8-15(25-2)17(10-13)27-4/h5-10,18-19H,11,21H2,1-4H3. The normalized spacial score (nSPS) is 18.7. The third-order valence-corrected chi connectivity index (χ3v) is 4.79. The largest absolute Gasteiger partial charge is 0.493 e. The molecule has 7 heteroatoms. The molecule has 1 aliphatic heterocycles. The number of β-lactam (4-membered cyclic amide) rings is 1. The summed E-state index contributed by atoms with van der Waals surface area (Å²) in [6.45, 7) is 0.423. The number of benzene rings is 2. The van der Waals surface area contributed by atoms with E-state index in [9.17, 15) is 4.79 Å². The second-order valence-corrected chi connectivity index (χ2v) is 6.24. The summed E-state index contributed by atoms with van der Waals surface area (Å²) < 4.78 is 21.2. The molecule has 27 heavy (non-hydrogen) atoms. The fraction of sp³-hybridized carbons (Fsp3) is 0.350. The van der Waals surface area contributed by atoms with Gasteiger partial charge in [0.15, 0.2) is 23.0 Å². The summed E-state index contributed by atoms with van der Waals surface area (Å²) in [6.07, 6.45) is 0. The van der Waals surface area contributed by atoms with Gasteiger partial charge in [-0.05, 0) is 35.4 Å². The highest BCUT2D eigenvalue weighted by Gasteiger charge is 2.45. The lowest BCUT2D eigenvalue weighted by Gasteiger charge is -2.46. The van der Waals surface area contributed by atoms with E-state index in [1.807, 2.05) is 36.4 Å². The zero-order chi connectivity index (χ0) is 19.6. The molecular formula is C20H24N2O5. The molecule has 3 rings (SSSR count). The summed E-state index contributed by atoms with van der Waals surface area (Å²) in [5.74, 6) is 2.41. The van der Waals surface area contributed by atoms with Crippen molar-refractivity contribution in [2.45, 2.75) is 18.6 Å². The van der Waals surface area contributed by atoms with Crippen molar-refractivity contribution in [3.63, 3.8) is 0 Å². The highest BCUT2D eigenvalue weighted by atomic mass is 16.5. The number of methoxy groups -OCH3 is 4. The molecule has 2 atom stereocenters. The van der Waals surface area contributed by atoms with Crippen LogP contribution in [0.15, 0.2) is 36.4 Å². The lowest BCUT2D eigenvalue weighted by molar-refractivity contribution is -0.150. The second-order valence-electron chi connectivity index (χ2n) is 6.24. The first-order valence-electron chi connectivity index (χ1n) is 8.53. The first-order chi connectivity index (χ1) is 13.0. The van der Waals surface area contributed by atoms with Crippen molar-refractivity contribution in [3.05, 3.63) is 47.5 Å². The third kappa shape index (κ3) is 3.38. The van der Waals surface area contributed by atoms with E-state index in [1.165, 1.54) is 0 Å². The Hall–Kier alpha value is -2.93. The number of ether oxygens (including phenoxy) is 4. The Morgan fingerprint density at radius 3 is 2.00 bits per heavy atom. The number of carbonyl (C=O) groups is 1. The molecule has 0 spiro atoms. The quantitative estimate of drug-likeness (QED) is 0.750. The van der Waals surface area contributed by atoms with E-state index < -0.39 is 6.04 Å². The van der Waals surface area contributed by atoms with Gasteiger partial charge >= 0.3 is 0 Å². The predicted molar refractivity (Wildman–Crippen MR) is 100 cm³/mol. The Balaban J connectivity index is 1.86. The maximum atomic E-state index is 12.4. The SMILES string of the molecule is COc1ccc(CN2C(=O)C(N)C2c2ccc(OC)c(OC)c2)cc1OC. The number of amides is 1. The van der Waals surface area contributed by atoms with Crippen molar-refractivity contribution >= 4 is 5.91 Å². The van der Waals surface area contributed by atoms with Crippen molar-refractivity contribution < 1.29 is 23.7 Å². The average molecular weight is 372 g/mol. The fourth-order valence-corrected chi connectivity index (χ4v) is 3.35. The minimum atomic E-state index is -0.580. The maximum Gasteiger partial charge on any atom is 0.242 e. The molecule has 0 radical (unpaired) electrons. The summed E-state index contributed by atoms with van der Waals surface area (Å²) in [7, 11) is 6.33. The Morgan fingerprint density at radius 1 is 0.852 bits per heavy atom. The van der Waals surface area contributed by atoms with Crippen molar-refractivity contribution in [3.8, 4) is 23.0 Å². The van der Waals surface area contributed by atoms with E-state index in [4.69, 9.17) is 24.7 Å². The van der Waals surface area contributed by atoms with Gasteiger partial charge in [-0.2, -0.15) is 0 Å². The van der Waals surface area contributed by atoms with Crippen LogP contribution in [0.5, 0.6) is 23.0 Å². The van der Waals surface area contributed by atoms with Gasteiger partial charge in [-0.3, -0.25) is 4.79 Å². The number of nitrogens with zero attached hydrogens (tertiary/aromatic N) is 1. The molecule has 2 aromatic carbocycles. The first-order valence-corrected chi connectivity index (χ1v) is 8.53. The zero-order valence-electron chi connectivity index (χ0n) is 15.9. The van der Waals surface area contributed by atoms with Gasteiger partial charge in [0, 0.05) is 6.54 Å². The Bertz CT molecular complexity index is 839. The Labute approximate surface area is 158 Å². The lowest BCUT2D eigenvalue weighted by atomic mass is 9.88. The summed E-state index contributed by atoms with van der Waals surface area (Å²) in [5.41, 5.74) is 7.93. The molecule has 2 aromatic rings. The smallest absolute Gasteiger partial charge is 0.242 e. The predicted octanol–water partition coefficient (Wildman–Crippen LogP) is 2.13. The zero-order valence-corrected chi connectivity index (χ0v) is 15.9. The van der Waals surface area contributed by atoms with E-state index in [2.05, 4.69) is 0 Å². The van der Waals surface area contributed by atoms with Gasteiger partial charge in [-0.15, -0.1) is 0 Å². The number of likely N-dealkylation sites (tertiary alicyclic amines) is 1. The highest BCUT2D eigenvalue weighted by Crippen LogP contribution is 2.39. The molecule has 7 nitrogen and oxygen atoms in total. The molecule has 1 amide bonds. The van der Waals surface area contributed by atoms with Crippen LogP contribution in [0, 0.1) is 0 Å². The van der Waals surface area contributed by atoms with E-state index in [0.29, 0.717) is 29.5 Å². The van der Waals surface area contributed by atoms with Crippen LogP contribution in [-0.4, -0.2) is 45.3 Å². The van der Waals surface area contributed by atoms with Gasteiger partial charge in [0.05, 0.1) is 34.5 Å². The van der Waals surface area contributed by atoms with Gasteiger partial charge in [-0.1, -0.05) is 12.1 Å². The van der Waals surface area contributed by atoms with Crippen LogP contribution in [0.3, 0.4) is 0 Å². The van der Waals surface area contributed by atoms with Crippen molar-refractivity contribution in [2.75, 3.05) is 28.4 Å². The third-order valence-electron chi connectivity index (χ3n) is 4.79. The van der Waals surface area contributed by atoms with Gasteiger partial charge < -0.3 is 29.6 Å². The first kappa shape index (κ1) is 18.8. The molecule has 1 saturated heterocycles. The molecule has 0 aliphatic carbocycles. The average Bonchev–Trinajstić information content (AvgIpc) is 2.72. The van der Waals surface area contributed by atoms with E-state index in [1.54, 1.807) is 33.3 Å². The molecule has 0 saturated carbocycles. The second kappa shape index (κ2) is 7.75. The maximum absolute atomic E-state index is 12.4. The van der Waals surface area contributed by atoms with Crippen LogP contribution in [0.4, 0.5) is 0 Å². The van der Waals surface area contributed by atoms with Crippen molar-refractivity contribution in [1.82, 2.24) is 4.90 Å². The number of carbonyl (C=O) groups excluding carboxylic acids is 1. The number of hydrogen-bond acceptors (Lipinski definition) is 6. The number of hydrogen-bond donors (Lipinski definition) is 1. The van der Waals surface area contributed by atoms with Crippen molar-refractivity contribution in [1.29, 1.82) is 0 Å². The minimum absolute atomic E-state index is 0.0930. The van der Waals surface area contributed by atoms with Gasteiger partial charge in [0.1, 0.15) is 6.04 Å². The summed E-state index contributed by atoms with van der Waals surface area (Å²) >= 11 is 0. The van der Waals surface area contributed by atoms with Crippen molar-refractivity contribution in [2.24, 2.45) is 5.73 Å². The van der Waals surface area contributed by atoms with Crippen LogP contribution >= 0.6 is 0 Å². The Kier molecular flexibility index (Phi) is 5.41.